The number of nitrogens with one attached hydrogen (secondary N) is 1. The first-order chi connectivity index (χ1) is 18.1. The highest BCUT2D eigenvalue weighted by atomic mass is 16.6. The average Bonchev–Trinajstić information content (AvgIpc) is 3.45. The van der Waals surface area contributed by atoms with Crippen molar-refractivity contribution in [3.05, 3.63) is 77.9 Å². The molecule has 2 atom stereocenters. The number of amides is 1. The molecule has 5 rings (SSSR count). The summed E-state index contributed by atoms with van der Waals surface area (Å²) in [7, 11) is 1.66. The first-order valence-corrected chi connectivity index (χ1v) is 12.9. The van der Waals surface area contributed by atoms with Crippen molar-refractivity contribution in [1.29, 1.82) is 0 Å². The van der Waals surface area contributed by atoms with Crippen molar-refractivity contribution in [2.24, 2.45) is 0 Å². The van der Waals surface area contributed by atoms with Crippen molar-refractivity contribution in [3.63, 3.8) is 0 Å². The molecule has 194 valence electrons. The van der Waals surface area contributed by atoms with Crippen LogP contribution in [0.4, 0.5) is 0 Å². The lowest BCUT2D eigenvalue weighted by Gasteiger charge is -2.29. The highest BCUT2D eigenvalue weighted by molar-refractivity contribution is 5.79. The number of hydrogen-bond donors (Lipinski definition) is 2. The molecule has 7 nitrogen and oxygen atoms in total. The third kappa shape index (κ3) is 6.24. The molecule has 0 saturated carbocycles. The monoisotopic (exact) mass is 502 g/mol. The molecule has 0 spiro atoms. The van der Waals surface area contributed by atoms with E-state index in [4.69, 9.17) is 14.2 Å². The Morgan fingerprint density at radius 2 is 1.73 bits per heavy atom. The highest BCUT2D eigenvalue weighted by Crippen LogP contribution is 2.33. The number of carbonyl (C=O) groups excluding carboxylic acids is 1. The Morgan fingerprint density at radius 3 is 2.49 bits per heavy atom. The molecular weight excluding hydrogens is 468 g/mol. The van der Waals surface area contributed by atoms with Crippen LogP contribution in [-0.2, 0) is 11.2 Å². The Labute approximate surface area is 218 Å². The van der Waals surface area contributed by atoms with Gasteiger partial charge in [0.25, 0.3) is 0 Å². The van der Waals surface area contributed by atoms with Crippen molar-refractivity contribution >= 4 is 5.91 Å². The summed E-state index contributed by atoms with van der Waals surface area (Å²) < 4.78 is 16.6. The van der Waals surface area contributed by atoms with E-state index in [0.717, 1.165) is 48.4 Å². The van der Waals surface area contributed by atoms with Crippen LogP contribution in [0.25, 0.3) is 11.1 Å². The minimum Gasteiger partial charge on any atom is -0.497 e. The Bertz CT molecular complexity index is 1210. The summed E-state index contributed by atoms with van der Waals surface area (Å²) in [6.07, 6.45) is 1.65. The van der Waals surface area contributed by atoms with Gasteiger partial charge < -0.3 is 29.5 Å². The number of aliphatic hydroxyl groups is 1. The summed E-state index contributed by atoms with van der Waals surface area (Å²) >= 11 is 0. The second-order valence-corrected chi connectivity index (χ2v) is 9.64. The van der Waals surface area contributed by atoms with E-state index in [-0.39, 0.29) is 12.3 Å². The molecule has 0 bridgehead atoms. The summed E-state index contributed by atoms with van der Waals surface area (Å²) in [5.41, 5.74) is 3.74. The number of fused-ring (bicyclic) bond motifs is 1. The summed E-state index contributed by atoms with van der Waals surface area (Å²) in [5, 5.41) is 14.4. The molecular formula is C30H34N2O5. The summed E-state index contributed by atoms with van der Waals surface area (Å²) in [4.78, 5) is 15.4. The molecule has 2 aliphatic heterocycles. The van der Waals surface area contributed by atoms with Crippen LogP contribution in [0.5, 0.6) is 17.2 Å². The molecule has 1 fully saturated rings. The molecule has 3 aromatic carbocycles. The fraction of sp³-hybridized carbons (Fsp3) is 0.367. The topological polar surface area (TPSA) is 80.3 Å². The predicted octanol–water partition coefficient (Wildman–Crippen LogP) is 3.99. The number of hydrogen-bond acceptors (Lipinski definition) is 6. The number of carbonyl (C=O) groups is 1. The molecule has 0 radical (unpaired) electrons. The zero-order chi connectivity index (χ0) is 25.6. The largest absolute Gasteiger partial charge is 0.497 e. The second kappa shape index (κ2) is 11.7. The minimum atomic E-state index is -0.865. The standard InChI is InChI=1S/C30H34N2O5/c1-35-25-6-4-5-23(18-25)22-9-7-21(8-10-22)17-29(33)31-26(20-32-13-2-3-14-32)30(34)24-11-12-27-28(19-24)37-16-15-36-27/h4-12,18-19,26,30,34H,2-3,13-17,20H2,1H3,(H,31,33)/t26-,30-/m1/s1. The van der Waals surface area contributed by atoms with Gasteiger partial charge in [-0.1, -0.05) is 42.5 Å². The van der Waals surface area contributed by atoms with Gasteiger partial charge in [-0.3, -0.25) is 4.79 Å². The maximum absolute atomic E-state index is 13.1. The maximum atomic E-state index is 13.1. The van der Waals surface area contributed by atoms with Crippen LogP contribution in [0.2, 0.25) is 0 Å². The van der Waals surface area contributed by atoms with Gasteiger partial charge in [-0.2, -0.15) is 0 Å². The van der Waals surface area contributed by atoms with Crippen LogP contribution in [0.15, 0.2) is 66.7 Å². The number of nitrogens with zero attached hydrogens (tertiary/aromatic N) is 1. The first kappa shape index (κ1) is 25.1. The van der Waals surface area contributed by atoms with E-state index in [0.29, 0.717) is 36.8 Å². The van der Waals surface area contributed by atoms with Crippen LogP contribution >= 0.6 is 0 Å². The van der Waals surface area contributed by atoms with Crippen LogP contribution in [0.3, 0.4) is 0 Å². The number of benzene rings is 3. The Balaban J connectivity index is 1.27. The number of aliphatic hydroxyl groups excluding tert-OH is 1. The lowest BCUT2D eigenvalue weighted by Crippen LogP contribution is -2.47. The summed E-state index contributed by atoms with van der Waals surface area (Å²) in [6, 6.07) is 20.9. The van der Waals surface area contributed by atoms with Gasteiger partial charge in [0, 0.05) is 6.54 Å². The third-order valence-corrected chi connectivity index (χ3v) is 7.01. The molecule has 1 saturated heterocycles. The lowest BCUT2D eigenvalue weighted by molar-refractivity contribution is -0.122. The smallest absolute Gasteiger partial charge is 0.224 e. The lowest BCUT2D eigenvalue weighted by atomic mass is 10.00. The SMILES string of the molecule is COc1cccc(-c2ccc(CC(=O)N[C@H](CN3CCCC3)[C@H](O)c3ccc4c(c3)OCCO4)cc2)c1. The maximum Gasteiger partial charge on any atom is 0.224 e. The van der Waals surface area contributed by atoms with Crippen molar-refractivity contribution in [2.45, 2.75) is 31.4 Å². The Kier molecular flexibility index (Phi) is 7.92. The predicted molar refractivity (Wildman–Crippen MR) is 142 cm³/mol. The fourth-order valence-corrected chi connectivity index (χ4v) is 5.00. The van der Waals surface area contributed by atoms with Crippen molar-refractivity contribution in [2.75, 3.05) is 40.0 Å². The molecule has 7 heteroatoms. The molecule has 0 aliphatic carbocycles. The molecule has 0 unspecified atom stereocenters. The third-order valence-electron chi connectivity index (χ3n) is 7.01. The van der Waals surface area contributed by atoms with Gasteiger partial charge in [0.15, 0.2) is 11.5 Å². The van der Waals surface area contributed by atoms with Crippen molar-refractivity contribution in [1.82, 2.24) is 10.2 Å². The van der Waals surface area contributed by atoms with Crippen LogP contribution < -0.4 is 19.5 Å². The van der Waals surface area contributed by atoms with Gasteiger partial charge in [0.2, 0.25) is 5.91 Å². The second-order valence-electron chi connectivity index (χ2n) is 9.64. The first-order valence-electron chi connectivity index (χ1n) is 12.9. The molecule has 37 heavy (non-hydrogen) atoms. The van der Waals surface area contributed by atoms with Gasteiger partial charge in [-0.25, -0.2) is 0 Å². The summed E-state index contributed by atoms with van der Waals surface area (Å²) in [6.45, 7) is 3.55. The van der Waals surface area contributed by atoms with E-state index in [1.165, 1.54) is 0 Å². The van der Waals surface area contributed by atoms with E-state index in [2.05, 4.69) is 10.2 Å². The molecule has 2 aliphatic rings. The van der Waals surface area contributed by atoms with E-state index in [1.54, 1.807) is 7.11 Å². The van der Waals surface area contributed by atoms with Crippen molar-refractivity contribution in [3.8, 4) is 28.4 Å². The van der Waals surface area contributed by atoms with E-state index in [9.17, 15) is 9.90 Å². The molecule has 0 aromatic heterocycles. The zero-order valence-corrected chi connectivity index (χ0v) is 21.2. The summed E-state index contributed by atoms with van der Waals surface area (Å²) in [5.74, 6) is 2.00. The number of rotatable bonds is 9. The average molecular weight is 503 g/mol. The van der Waals surface area contributed by atoms with E-state index >= 15 is 0 Å². The number of likely N-dealkylation sites (tertiary alicyclic amines) is 1. The zero-order valence-electron chi connectivity index (χ0n) is 21.2. The number of methoxy groups -OCH3 is 1. The quantitative estimate of drug-likeness (QED) is 0.461. The Hall–Kier alpha value is -3.55. The van der Waals surface area contributed by atoms with Gasteiger partial charge in [0.05, 0.1) is 19.6 Å². The Morgan fingerprint density at radius 1 is 0.973 bits per heavy atom. The highest BCUT2D eigenvalue weighted by Gasteiger charge is 2.28. The van der Waals surface area contributed by atoms with Gasteiger partial charge in [-0.05, 0) is 72.5 Å². The van der Waals surface area contributed by atoms with E-state index < -0.39 is 12.1 Å². The van der Waals surface area contributed by atoms with Gasteiger partial charge in [0.1, 0.15) is 25.1 Å². The van der Waals surface area contributed by atoms with Crippen molar-refractivity contribution < 1.29 is 24.1 Å². The van der Waals surface area contributed by atoms with Crippen LogP contribution in [0, 0.1) is 0 Å². The van der Waals surface area contributed by atoms with E-state index in [1.807, 2.05) is 66.7 Å². The van der Waals surface area contributed by atoms with Crippen LogP contribution in [-0.4, -0.2) is 61.9 Å². The minimum absolute atomic E-state index is 0.116. The number of ether oxygens (including phenoxy) is 3. The molecule has 2 heterocycles. The van der Waals surface area contributed by atoms with Gasteiger partial charge >= 0.3 is 0 Å². The normalized spacial score (nSPS) is 16.7. The fourth-order valence-electron chi connectivity index (χ4n) is 5.00. The molecule has 1 amide bonds. The van der Waals surface area contributed by atoms with Crippen LogP contribution in [0.1, 0.15) is 30.1 Å². The molecule has 2 N–H and O–H groups in total. The van der Waals surface area contributed by atoms with Gasteiger partial charge in [-0.15, -0.1) is 0 Å². The molecule has 3 aromatic rings.